The zero-order chi connectivity index (χ0) is 27.0. The molecule has 14 nitrogen and oxygen atoms in total. The number of nitrogens with zero attached hydrogens (tertiary/aromatic N) is 6. The Morgan fingerprint density at radius 1 is 1.45 bits per heavy atom. The van der Waals surface area contributed by atoms with E-state index < -0.39 is 47.9 Å². The van der Waals surface area contributed by atoms with Gasteiger partial charge in [0.05, 0.1) is 12.6 Å². The number of β-lactam (4-membered cyclic amide) rings is 1. The van der Waals surface area contributed by atoms with Crippen molar-refractivity contribution in [1.29, 1.82) is 0 Å². The molecule has 2 amide bonds. The van der Waals surface area contributed by atoms with Gasteiger partial charge in [-0.1, -0.05) is 5.16 Å². The van der Waals surface area contributed by atoms with Crippen molar-refractivity contribution < 1.29 is 37.8 Å². The van der Waals surface area contributed by atoms with Crippen LogP contribution in [0.1, 0.15) is 12.2 Å². The lowest BCUT2D eigenvalue weighted by Gasteiger charge is -2.49. The smallest absolute Gasteiger partial charge is 0.352 e. The normalized spacial score (nSPS) is 21.0. The Labute approximate surface area is 221 Å². The number of carbonyl (C=O) groups is 3. The highest BCUT2D eigenvalue weighted by molar-refractivity contribution is 8.00. The number of thioether (sulfide) groups is 1. The fourth-order valence-electron chi connectivity index (χ4n) is 4.33. The number of halogens is 2. The summed E-state index contributed by atoms with van der Waals surface area (Å²) in [6.45, 7) is 0.844. The number of aromatic nitrogens is 4. The van der Waals surface area contributed by atoms with Gasteiger partial charge < -0.3 is 26.3 Å². The number of oxime groups is 1. The molecule has 2 aromatic heterocycles. The molecule has 0 aromatic carbocycles. The number of fused-ring (bicyclic) bond motifs is 2. The molecule has 0 spiro atoms. The van der Waals surface area contributed by atoms with E-state index in [-0.39, 0.29) is 23.2 Å². The van der Waals surface area contributed by atoms with E-state index in [0.717, 1.165) is 41.8 Å². The van der Waals surface area contributed by atoms with Gasteiger partial charge in [0.25, 0.3) is 18.2 Å². The average molecular weight is 571 g/mol. The number of nitrogens with two attached hydrogens (primary N) is 1. The first-order valence-corrected chi connectivity index (χ1v) is 13.2. The van der Waals surface area contributed by atoms with Gasteiger partial charge in [0.15, 0.2) is 30.3 Å². The number of carboxylic acid groups (broad SMARTS) is 1. The van der Waals surface area contributed by atoms with Gasteiger partial charge in [0.2, 0.25) is 11.5 Å². The monoisotopic (exact) mass is 570 g/mol. The first-order chi connectivity index (χ1) is 18.2. The number of aliphatic carboxylic acids is 1. The van der Waals surface area contributed by atoms with E-state index in [1.54, 1.807) is 0 Å². The Morgan fingerprint density at radius 2 is 2.26 bits per heavy atom. The minimum Gasteiger partial charge on any atom is -0.477 e. The van der Waals surface area contributed by atoms with Crippen LogP contribution in [0.3, 0.4) is 0 Å². The van der Waals surface area contributed by atoms with Gasteiger partial charge >= 0.3 is 5.97 Å². The Kier molecular flexibility index (Phi) is 7.15. The number of anilines is 2. The highest BCUT2D eigenvalue weighted by Crippen LogP contribution is 2.40. The van der Waals surface area contributed by atoms with Crippen molar-refractivity contribution in [3.05, 3.63) is 29.4 Å². The van der Waals surface area contributed by atoms with Crippen LogP contribution in [-0.2, 0) is 32.3 Å². The summed E-state index contributed by atoms with van der Waals surface area (Å²) >= 11 is 2.05. The maximum absolute atomic E-state index is 13.1. The third-order valence-electron chi connectivity index (χ3n) is 5.96. The van der Waals surface area contributed by atoms with E-state index in [2.05, 4.69) is 30.0 Å². The first kappa shape index (κ1) is 25.8. The van der Waals surface area contributed by atoms with E-state index in [4.69, 9.17) is 5.73 Å². The predicted molar refractivity (Wildman–Crippen MR) is 130 cm³/mol. The molecule has 5 N–H and O–H groups in total. The number of rotatable bonds is 9. The molecule has 0 saturated carbocycles. The quantitative estimate of drug-likeness (QED) is 0.132. The molecule has 5 rings (SSSR count). The van der Waals surface area contributed by atoms with Crippen molar-refractivity contribution in [2.45, 2.75) is 37.4 Å². The Hall–Kier alpha value is -3.80. The van der Waals surface area contributed by atoms with Crippen LogP contribution >= 0.6 is 23.3 Å². The minimum absolute atomic E-state index is 0.00441. The van der Waals surface area contributed by atoms with E-state index >= 15 is 0 Å². The lowest BCUT2D eigenvalue weighted by atomic mass is 10.0. The summed E-state index contributed by atoms with van der Waals surface area (Å²) in [4.78, 5) is 47.7. The van der Waals surface area contributed by atoms with E-state index in [1.165, 1.54) is 11.8 Å². The number of amides is 2. The number of nitrogen functional groups attached to an aromatic ring is 1. The SMILES string of the molecule is Nc1nc(C(=NOCC(F)F)C(=O)N[C@@H]2C(=O)N3C(C(=O)O)=C(C[n+]4ccc5n4CCCN5)CS[C@H]23)ns1. The third-order valence-corrected chi connectivity index (χ3v) is 7.84. The van der Waals surface area contributed by atoms with Crippen molar-refractivity contribution >= 4 is 57.7 Å². The average Bonchev–Trinajstić information content (AvgIpc) is 3.50. The summed E-state index contributed by atoms with van der Waals surface area (Å²) in [6, 6.07) is 0.825. The predicted octanol–water partition coefficient (Wildman–Crippen LogP) is -0.550. The molecule has 0 aliphatic carbocycles. The van der Waals surface area contributed by atoms with Crippen LogP contribution in [0, 0.1) is 0 Å². The minimum atomic E-state index is -2.83. The van der Waals surface area contributed by atoms with Crippen LogP contribution in [0.25, 0.3) is 0 Å². The fraction of sp³-hybridized carbons (Fsp3) is 0.450. The second-order valence-corrected chi connectivity index (χ2v) is 10.3. The second-order valence-electron chi connectivity index (χ2n) is 8.40. The molecule has 0 unspecified atom stereocenters. The highest BCUT2D eigenvalue weighted by Gasteiger charge is 2.55. The molecule has 2 atom stereocenters. The Morgan fingerprint density at radius 3 is 2.97 bits per heavy atom. The molecule has 5 heterocycles. The molecule has 3 aliphatic heterocycles. The van der Waals surface area contributed by atoms with Crippen molar-refractivity contribution in [3.8, 4) is 0 Å². The van der Waals surface area contributed by atoms with E-state index in [0.29, 0.717) is 11.3 Å². The van der Waals surface area contributed by atoms with Crippen molar-refractivity contribution in [1.82, 2.24) is 24.3 Å². The van der Waals surface area contributed by atoms with E-state index in [9.17, 15) is 28.3 Å². The molecule has 1 saturated heterocycles. The van der Waals surface area contributed by atoms with Crippen molar-refractivity contribution in [3.63, 3.8) is 0 Å². The molecular weight excluding hydrogens is 548 g/mol. The number of carbonyl (C=O) groups excluding carboxylic acids is 2. The fourth-order valence-corrected chi connectivity index (χ4v) is 6.10. The lowest BCUT2D eigenvalue weighted by Crippen LogP contribution is -2.71. The summed E-state index contributed by atoms with van der Waals surface area (Å²) in [7, 11) is 0. The van der Waals surface area contributed by atoms with Gasteiger partial charge in [-0.2, -0.15) is 9.36 Å². The molecule has 1 fully saturated rings. The number of hydrogen-bond donors (Lipinski definition) is 4. The van der Waals surface area contributed by atoms with E-state index in [1.807, 2.05) is 21.6 Å². The second kappa shape index (κ2) is 10.5. The summed E-state index contributed by atoms with van der Waals surface area (Å²) in [5.74, 6) is -1.85. The summed E-state index contributed by atoms with van der Waals surface area (Å²) in [5.41, 5.74) is 5.44. The largest absolute Gasteiger partial charge is 0.477 e. The van der Waals surface area contributed by atoms with Gasteiger partial charge in [0, 0.05) is 29.4 Å². The van der Waals surface area contributed by atoms with Crippen molar-refractivity contribution in [2.75, 3.05) is 30.0 Å². The van der Waals surface area contributed by atoms with Gasteiger partial charge in [-0.15, -0.1) is 21.1 Å². The van der Waals surface area contributed by atoms with Gasteiger partial charge in [-0.3, -0.25) is 14.5 Å². The molecule has 18 heteroatoms. The summed E-state index contributed by atoms with van der Waals surface area (Å²) in [6.07, 6.45) is -0.0516. The summed E-state index contributed by atoms with van der Waals surface area (Å²) < 4.78 is 32.7. The standard InChI is InChI=1S/C20H21F2N9O5S2/c21-10(22)7-36-27-12(15-26-20(23)38-28-15)16(32)25-13-17(33)31-14(19(34)35)9(8-37-18(13)31)6-29-5-2-11-24-3-1-4-30(11)29/h2,5,10,13,18H,1,3-4,6-8H2,(H4,23,25,26,28,32,34,35)/p+1/t13-,18-/m1/s1. The molecule has 38 heavy (non-hydrogen) atoms. The maximum Gasteiger partial charge on any atom is 0.352 e. The van der Waals surface area contributed by atoms with Crippen molar-refractivity contribution in [2.24, 2.45) is 5.16 Å². The van der Waals surface area contributed by atoms with Crippen LogP contribution in [-0.4, -0.2) is 84.3 Å². The Balaban J connectivity index is 1.33. The highest BCUT2D eigenvalue weighted by atomic mass is 32.2. The van der Waals surface area contributed by atoms with Crippen LogP contribution < -0.4 is 21.0 Å². The Bertz CT molecular complexity index is 1340. The third kappa shape index (κ3) is 4.87. The first-order valence-electron chi connectivity index (χ1n) is 11.4. The topological polar surface area (TPSA) is 181 Å². The molecule has 202 valence electrons. The molecule has 0 bridgehead atoms. The zero-order valence-electron chi connectivity index (χ0n) is 19.5. The number of hydrogen-bond acceptors (Lipinski definition) is 11. The van der Waals surface area contributed by atoms with Crippen LogP contribution in [0.5, 0.6) is 0 Å². The van der Waals surface area contributed by atoms with Crippen LogP contribution in [0.2, 0.25) is 0 Å². The van der Waals surface area contributed by atoms with Crippen LogP contribution in [0.4, 0.5) is 19.7 Å². The number of nitrogens with one attached hydrogen (secondary N) is 2. The number of carboxylic acids is 1. The molecular formula is C20H22F2N9O5S2+. The lowest BCUT2D eigenvalue weighted by molar-refractivity contribution is -0.768. The molecule has 0 radical (unpaired) electrons. The molecule has 2 aromatic rings. The summed E-state index contributed by atoms with van der Waals surface area (Å²) in [5, 5.41) is 18.5. The maximum atomic E-state index is 13.1. The zero-order valence-corrected chi connectivity index (χ0v) is 21.2. The van der Waals surface area contributed by atoms with Gasteiger partial charge in [-0.25, -0.2) is 13.6 Å². The van der Waals surface area contributed by atoms with Crippen LogP contribution in [0.15, 0.2) is 28.7 Å². The van der Waals surface area contributed by atoms with Gasteiger partial charge in [0.1, 0.15) is 17.1 Å². The number of alkyl halides is 2. The van der Waals surface area contributed by atoms with Gasteiger partial charge in [-0.05, 0) is 6.42 Å². The molecule has 3 aliphatic rings.